The number of ether oxygens (including phenoxy) is 1. The summed E-state index contributed by atoms with van der Waals surface area (Å²) < 4.78 is 4.46. The van der Waals surface area contributed by atoms with Gasteiger partial charge in [0.2, 0.25) is 0 Å². The van der Waals surface area contributed by atoms with Gasteiger partial charge >= 0.3 is 45.9 Å². The molecule has 0 radical (unpaired) electrons. The topological polar surface area (TPSA) is 26.3 Å². The molecule has 0 heterocycles. The molecule has 0 aliphatic heterocycles. The Labute approximate surface area is 63.1 Å². The number of halogens is 1. The second-order valence-electron chi connectivity index (χ2n) is 0.840. The molecule has 0 saturated carbocycles. The van der Waals surface area contributed by atoms with Crippen LogP contribution in [0.25, 0.3) is 0 Å². The van der Waals surface area contributed by atoms with Crippen LogP contribution in [0.5, 0.6) is 0 Å². The first-order chi connectivity index (χ1) is 2.77. The molecule has 2 nitrogen and oxygen atoms in total. The van der Waals surface area contributed by atoms with Crippen LogP contribution in [0.3, 0.4) is 0 Å². The van der Waals surface area contributed by atoms with Gasteiger partial charge in [0.15, 0.2) is 0 Å². The first-order valence-electron chi connectivity index (χ1n) is 1.70. The molecular formula is C3H6BrO2Zn. The number of carbonyl (C=O) groups is 1. The molecule has 0 fully saturated rings. The number of rotatable bonds is 1. The molecule has 0 aromatic rings. The molecule has 0 aromatic heterocycles. The maximum atomic E-state index is 9.84. The van der Waals surface area contributed by atoms with Crippen LogP contribution in [0.15, 0.2) is 0 Å². The zero-order valence-electron chi connectivity index (χ0n) is 4.14. The van der Waals surface area contributed by atoms with Gasteiger partial charge in [-0.05, 0) is 0 Å². The van der Waals surface area contributed by atoms with Crippen LogP contribution in [0.1, 0.15) is 6.92 Å². The van der Waals surface area contributed by atoms with Crippen molar-refractivity contribution < 1.29 is 27.8 Å². The third-order valence-corrected chi connectivity index (χ3v) is 0.734. The van der Waals surface area contributed by atoms with E-state index in [0.717, 1.165) is 18.3 Å². The Kier molecular flexibility index (Phi) is 9.89. The summed E-state index contributed by atoms with van der Waals surface area (Å²) in [5, 5.41) is 0.606. The predicted molar refractivity (Wildman–Crippen MR) is 27.0 cm³/mol. The van der Waals surface area contributed by atoms with Crippen LogP contribution >= 0.6 is 17.0 Å². The fourth-order valence-electron chi connectivity index (χ4n) is 0.144. The molecule has 0 aromatic carbocycles. The minimum atomic E-state index is -0.179. The van der Waals surface area contributed by atoms with Gasteiger partial charge in [-0.1, -0.05) is 0 Å². The van der Waals surface area contributed by atoms with E-state index >= 15 is 0 Å². The Morgan fingerprint density at radius 3 is 2.29 bits per heavy atom. The van der Waals surface area contributed by atoms with Crippen molar-refractivity contribution in [2.45, 2.75) is 6.92 Å². The number of carbonyl (C=O) groups excluding carboxylic acids is 1. The van der Waals surface area contributed by atoms with Crippen LogP contribution in [-0.4, -0.2) is 11.2 Å². The van der Waals surface area contributed by atoms with Crippen molar-refractivity contribution in [3.63, 3.8) is 0 Å². The monoisotopic (exact) mass is 217 g/mol. The summed E-state index contributed by atoms with van der Waals surface area (Å²) in [5.41, 5.74) is 0. The Morgan fingerprint density at radius 1 is 1.86 bits per heavy atom. The molecular weight excluding hydrogens is 213 g/mol. The van der Waals surface area contributed by atoms with Gasteiger partial charge in [-0.25, -0.2) is 0 Å². The third kappa shape index (κ3) is 10.8. The summed E-state index contributed by atoms with van der Waals surface area (Å²) in [6, 6.07) is 0. The first-order valence-corrected chi connectivity index (χ1v) is 3.79. The van der Waals surface area contributed by atoms with Crippen LogP contribution in [0, 0.1) is 0 Å². The second kappa shape index (κ2) is 6.57. The number of esters is 1. The van der Waals surface area contributed by atoms with Gasteiger partial charge in [-0.3, -0.25) is 0 Å². The van der Waals surface area contributed by atoms with Gasteiger partial charge in [-0.15, -0.1) is 17.0 Å². The molecule has 39 valence electrons. The van der Waals surface area contributed by atoms with E-state index in [-0.39, 0.29) is 23.0 Å². The van der Waals surface area contributed by atoms with E-state index in [4.69, 9.17) is 0 Å². The van der Waals surface area contributed by atoms with Crippen molar-refractivity contribution in [2.75, 3.05) is 5.20 Å². The molecule has 0 N–H and O–H groups in total. The SMILES string of the molecule is Br.CC(=O)O[CH2][Zn]. The van der Waals surface area contributed by atoms with Crippen molar-refractivity contribution in [2.24, 2.45) is 0 Å². The first kappa shape index (κ1) is 10.5. The Bertz CT molecular complexity index is 56.9. The van der Waals surface area contributed by atoms with Gasteiger partial charge < -0.3 is 0 Å². The molecule has 0 spiro atoms. The molecule has 0 aliphatic carbocycles. The van der Waals surface area contributed by atoms with Crippen LogP contribution < -0.4 is 0 Å². The normalized spacial score (nSPS) is 6.71. The predicted octanol–water partition coefficient (Wildman–Crippen LogP) is 0.632. The van der Waals surface area contributed by atoms with E-state index in [9.17, 15) is 4.79 Å². The van der Waals surface area contributed by atoms with Gasteiger partial charge in [-0.2, -0.15) is 0 Å². The summed E-state index contributed by atoms with van der Waals surface area (Å²) >= 11 is 1.03. The molecule has 0 amide bonds. The van der Waals surface area contributed by atoms with E-state index in [0.29, 0.717) is 5.20 Å². The molecule has 4 heteroatoms. The number of hydrogen-bond donors (Lipinski definition) is 0. The molecule has 0 unspecified atom stereocenters. The van der Waals surface area contributed by atoms with Crippen molar-refractivity contribution in [1.82, 2.24) is 0 Å². The van der Waals surface area contributed by atoms with Gasteiger partial charge in [0.05, 0.1) is 0 Å². The van der Waals surface area contributed by atoms with Crippen molar-refractivity contribution >= 4 is 23.0 Å². The van der Waals surface area contributed by atoms with E-state index in [1.807, 2.05) is 0 Å². The molecule has 0 saturated heterocycles. The summed E-state index contributed by atoms with van der Waals surface area (Å²) in [7, 11) is 0. The van der Waals surface area contributed by atoms with Crippen LogP contribution in [0.2, 0.25) is 0 Å². The Balaban J connectivity index is 0. The standard InChI is InChI=1S/C3H5O2.BrH.Zn/c1-3(4)5-2;;/h2H2,1H3;1H;. The van der Waals surface area contributed by atoms with E-state index in [1.165, 1.54) is 6.92 Å². The summed E-state index contributed by atoms with van der Waals surface area (Å²) in [5.74, 6) is -0.179. The zero-order valence-corrected chi connectivity index (χ0v) is 8.82. The Morgan fingerprint density at radius 2 is 2.29 bits per heavy atom. The average Bonchev–Trinajstić information content (AvgIpc) is 1.35. The molecule has 0 rings (SSSR count). The molecule has 0 bridgehead atoms. The molecule has 0 atom stereocenters. The van der Waals surface area contributed by atoms with Crippen molar-refractivity contribution in [3.05, 3.63) is 0 Å². The second-order valence-corrected chi connectivity index (χ2v) is 1.70. The zero-order chi connectivity index (χ0) is 4.99. The van der Waals surface area contributed by atoms with Gasteiger partial charge in [0, 0.05) is 0 Å². The fraction of sp³-hybridized carbons (Fsp3) is 0.667. The quantitative estimate of drug-likeness (QED) is 0.478. The van der Waals surface area contributed by atoms with Crippen molar-refractivity contribution in [3.8, 4) is 0 Å². The van der Waals surface area contributed by atoms with Gasteiger partial charge in [0.25, 0.3) is 0 Å². The van der Waals surface area contributed by atoms with Crippen LogP contribution in [-0.2, 0) is 27.8 Å². The summed E-state index contributed by atoms with van der Waals surface area (Å²) in [6.45, 7) is 1.41. The Hall–Kier alpha value is 0.573. The minimum absolute atomic E-state index is 0. The van der Waals surface area contributed by atoms with Gasteiger partial charge in [0.1, 0.15) is 0 Å². The van der Waals surface area contributed by atoms with E-state index in [1.54, 1.807) is 0 Å². The average molecular weight is 219 g/mol. The summed E-state index contributed by atoms with van der Waals surface area (Å²) in [4.78, 5) is 9.84. The maximum absolute atomic E-state index is 9.84. The van der Waals surface area contributed by atoms with Crippen molar-refractivity contribution in [1.29, 1.82) is 0 Å². The molecule has 0 aliphatic rings. The number of hydrogen-bond acceptors (Lipinski definition) is 2. The van der Waals surface area contributed by atoms with Crippen LogP contribution in [0.4, 0.5) is 0 Å². The fourth-order valence-corrected chi connectivity index (χ4v) is 0.747. The molecule has 7 heavy (non-hydrogen) atoms. The summed E-state index contributed by atoms with van der Waals surface area (Å²) in [6.07, 6.45) is 0. The van der Waals surface area contributed by atoms with E-state index in [2.05, 4.69) is 4.74 Å². The van der Waals surface area contributed by atoms with E-state index < -0.39 is 0 Å². The third-order valence-electron chi connectivity index (χ3n) is 0.305.